The van der Waals surface area contributed by atoms with Crippen molar-refractivity contribution in [1.29, 1.82) is 0 Å². The van der Waals surface area contributed by atoms with E-state index in [0.29, 0.717) is 18.6 Å². The molecule has 210 valence electrons. The van der Waals surface area contributed by atoms with E-state index in [2.05, 4.69) is 15.0 Å². The number of benzene rings is 2. The number of nitrogens with zero attached hydrogens (tertiary/aromatic N) is 1. The van der Waals surface area contributed by atoms with Gasteiger partial charge in [0.15, 0.2) is 0 Å². The third kappa shape index (κ3) is 7.49. The van der Waals surface area contributed by atoms with Gasteiger partial charge in [-0.1, -0.05) is 41.9 Å². The topological polar surface area (TPSA) is 63.2 Å². The third-order valence-electron chi connectivity index (χ3n) is 5.51. The Morgan fingerprint density at radius 3 is 2.26 bits per heavy atom. The molecule has 5 nitrogen and oxygen atoms in total. The average Bonchev–Trinajstić information content (AvgIpc) is 2.83. The van der Waals surface area contributed by atoms with Gasteiger partial charge in [0.2, 0.25) is 0 Å². The molecule has 0 aliphatic carbocycles. The van der Waals surface area contributed by atoms with Crippen molar-refractivity contribution in [1.82, 2.24) is 15.6 Å². The molecule has 0 radical (unpaired) electrons. The Morgan fingerprint density at radius 2 is 1.69 bits per heavy atom. The van der Waals surface area contributed by atoms with Crippen LogP contribution in [0, 0.1) is 5.82 Å². The molecule has 2 atom stereocenters. The first-order chi connectivity index (χ1) is 18.1. The lowest BCUT2D eigenvalue weighted by atomic mass is 9.80. The fraction of sp³-hybridized carbons (Fsp3) is 0.280. The van der Waals surface area contributed by atoms with Crippen molar-refractivity contribution in [2.45, 2.75) is 43.6 Å². The van der Waals surface area contributed by atoms with E-state index in [9.17, 15) is 39.9 Å². The van der Waals surface area contributed by atoms with Crippen LogP contribution in [0.4, 0.5) is 39.9 Å². The summed E-state index contributed by atoms with van der Waals surface area (Å²) in [6, 6.07) is 8.85. The summed E-state index contributed by atoms with van der Waals surface area (Å²) in [6.07, 6.45) is -13.2. The number of halogens is 9. The van der Waals surface area contributed by atoms with E-state index in [4.69, 9.17) is 11.6 Å². The molecule has 2 N–H and O–H groups in total. The molecular formula is C25H20ClF8N3O2. The number of ether oxygens (including phenoxy) is 1. The van der Waals surface area contributed by atoms with E-state index in [-0.39, 0.29) is 22.7 Å². The van der Waals surface area contributed by atoms with Crippen molar-refractivity contribution in [3.63, 3.8) is 0 Å². The molecule has 0 saturated carbocycles. The van der Waals surface area contributed by atoms with Gasteiger partial charge in [-0.25, -0.2) is 9.18 Å². The summed E-state index contributed by atoms with van der Waals surface area (Å²) in [5, 5.41) is 4.21. The van der Waals surface area contributed by atoms with Gasteiger partial charge in [-0.3, -0.25) is 4.98 Å². The summed E-state index contributed by atoms with van der Waals surface area (Å²) < 4.78 is 111. The highest BCUT2D eigenvalue weighted by molar-refractivity contribution is 6.30. The van der Waals surface area contributed by atoms with Crippen molar-refractivity contribution in [2.24, 2.45) is 0 Å². The number of nitrogens with one attached hydrogen (secondary N) is 2. The number of hydrogen-bond donors (Lipinski definition) is 2. The van der Waals surface area contributed by atoms with Crippen molar-refractivity contribution >= 4 is 17.6 Å². The molecule has 0 aliphatic heterocycles. The maximum atomic E-state index is 14.7. The highest BCUT2D eigenvalue weighted by atomic mass is 35.5. The number of hydrogen-bond acceptors (Lipinski definition) is 3. The van der Waals surface area contributed by atoms with E-state index in [0.717, 1.165) is 18.3 Å². The molecule has 0 spiro atoms. The number of carbonyl (C=O) groups excluding carboxylic acids is 1. The van der Waals surface area contributed by atoms with Gasteiger partial charge in [-0.2, -0.15) is 30.7 Å². The molecule has 1 heterocycles. The summed E-state index contributed by atoms with van der Waals surface area (Å²) in [5.41, 5.74) is -2.04. The van der Waals surface area contributed by atoms with Crippen LogP contribution in [-0.4, -0.2) is 35.8 Å². The maximum absolute atomic E-state index is 14.7. The third-order valence-corrected chi connectivity index (χ3v) is 5.74. The molecule has 1 aromatic heterocycles. The van der Waals surface area contributed by atoms with Gasteiger partial charge in [0.05, 0.1) is 10.7 Å². The first kappa shape index (κ1) is 29.9. The lowest BCUT2D eigenvalue weighted by molar-refractivity contribution is -0.253. The van der Waals surface area contributed by atoms with Crippen molar-refractivity contribution in [2.75, 3.05) is 0 Å². The number of carbonyl (C=O) groups is 1. The van der Waals surface area contributed by atoms with Crippen LogP contribution in [-0.2, 0) is 12.0 Å². The predicted octanol–water partition coefficient (Wildman–Crippen LogP) is 6.85. The van der Waals surface area contributed by atoms with Gasteiger partial charge >= 0.3 is 24.7 Å². The summed E-state index contributed by atoms with van der Waals surface area (Å²) in [4.78, 5) is 17.0. The van der Waals surface area contributed by atoms with Gasteiger partial charge in [-0.05, 0) is 42.3 Å². The molecule has 0 aliphatic rings. The van der Waals surface area contributed by atoms with E-state index in [1.807, 2.05) is 0 Å². The Hall–Kier alpha value is -3.61. The normalized spacial score (nSPS) is 14.4. The van der Waals surface area contributed by atoms with Crippen LogP contribution in [0.3, 0.4) is 0 Å². The fourth-order valence-corrected chi connectivity index (χ4v) is 3.74. The minimum atomic E-state index is -5.00. The Bertz CT molecular complexity index is 1280. The summed E-state index contributed by atoms with van der Waals surface area (Å²) in [5.74, 6) is -2.27. The van der Waals surface area contributed by atoms with Crippen LogP contribution >= 0.6 is 11.6 Å². The van der Waals surface area contributed by atoms with E-state index >= 15 is 0 Å². The maximum Gasteiger partial charge on any atom is 0.461 e. The van der Waals surface area contributed by atoms with Crippen LogP contribution in [0.5, 0.6) is 5.75 Å². The summed E-state index contributed by atoms with van der Waals surface area (Å²) in [7, 11) is 0. The number of rotatable bonds is 9. The molecule has 39 heavy (non-hydrogen) atoms. The lowest BCUT2D eigenvalue weighted by Gasteiger charge is -2.36. The minimum Gasteiger partial charge on any atom is -0.428 e. The first-order valence-corrected chi connectivity index (χ1v) is 11.5. The van der Waals surface area contributed by atoms with Gasteiger partial charge in [-0.15, -0.1) is 0 Å². The SMILES string of the molecule is C[C@H](NC(=O)N[C@@](Cc1ccccc1)(c1cc(F)cc(OC(F)(F)C(F)F)c1)c1ccc(Cl)cn1)C(F)(F)F. The van der Waals surface area contributed by atoms with Crippen LogP contribution in [0.25, 0.3) is 0 Å². The number of amides is 2. The summed E-state index contributed by atoms with van der Waals surface area (Å²) >= 11 is 5.92. The quantitative estimate of drug-likeness (QED) is 0.272. The monoisotopic (exact) mass is 581 g/mol. The van der Waals surface area contributed by atoms with Gasteiger partial charge in [0, 0.05) is 18.7 Å². The van der Waals surface area contributed by atoms with Gasteiger partial charge < -0.3 is 15.4 Å². The standard InChI is InChI=1S/C25H20ClF8N3O2/c1-14(24(30,31)32)36-22(38)37-23(12-15-5-3-2-4-6-15,20-8-7-17(26)13-35-20)16-9-18(27)11-19(10-16)39-25(33,34)21(28)29/h2-11,13-14,21H,12H2,1H3,(H2,36,37,38)/t14-,23-/m0/s1. The molecule has 2 amide bonds. The van der Waals surface area contributed by atoms with Crippen molar-refractivity contribution in [3.8, 4) is 5.75 Å². The Labute approximate surface area is 222 Å². The Balaban J connectivity index is 2.23. The zero-order chi connectivity index (χ0) is 29.0. The Kier molecular flexibility index (Phi) is 8.94. The zero-order valence-corrected chi connectivity index (χ0v) is 20.6. The molecule has 0 fully saturated rings. The average molecular weight is 582 g/mol. The molecule has 0 unspecified atom stereocenters. The van der Waals surface area contributed by atoms with E-state index in [1.165, 1.54) is 12.1 Å². The molecule has 0 saturated heterocycles. The lowest BCUT2D eigenvalue weighted by Crippen LogP contribution is -2.56. The second kappa shape index (κ2) is 11.6. The van der Waals surface area contributed by atoms with Gasteiger partial charge in [0.1, 0.15) is 23.1 Å². The second-order valence-corrected chi connectivity index (χ2v) is 8.87. The Morgan fingerprint density at radius 1 is 1.03 bits per heavy atom. The first-order valence-electron chi connectivity index (χ1n) is 11.1. The molecule has 2 aromatic carbocycles. The highest BCUT2D eigenvalue weighted by Gasteiger charge is 2.45. The minimum absolute atomic E-state index is 0.0947. The number of alkyl halides is 7. The molecular weight excluding hydrogens is 562 g/mol. The van der Waals surface area contributed by atoms with Crippen molar-refractivity contribution < 1.29 is 44.7 Å². The smallest absolute Gasteiger partial charge is 0.428 e. The van der Waals surface area contributed by atoms with Crippen LogP contribution in [0.2, 0.25) is 5.02 Å². The van der Waals surface area contributed by atoms with Crippen molar-refractivity contribution in [3.05, 3.63) is 94.5 Å². The number of aromatic nitrogens is 1. The van der Waals surface area contributed by atoms with E-state index < -0.39 is 47.9 Å². The van der Waals surface area contributed by atoms with Crippen LogP contribution < -0.4 is 15.4 Å². The highest BCUT2D eigenvalue weighted by Crippen LogP contribution is 2.37. The fourth-order valence-electron chi connectivity index (χ4n) is 3.63. The second-order valence-electron chi connectivity index (χ2n) is 8.43. The zero-order valence-electron chi connectivity index (χ0n) is 19.9. The predicted molar refractivity (Wildman–Crippen MR) is 125 cm³/mol. The van der Waals surface area contributed by atoms with Crippen LogP contribution in [0.1, 0.15) is 23.7 Å². The molecule has 14 heteroatoms. The molecule has 0 bridgehead atoms. The largest absolute Gasteiger partial charge is 0.461 e. The number of pyridine rings is 1. The van der Waals surface area contributed by atoms with Crippen LogP contribution in [0.15, 0.2) is 66.9 Å². The van der Waals surface area contributed by atoms with Gasteiger partial charge in [0.25, 0.3) is 0 Å². The summed E-state index contributed by atoms with van der Waals surface area (Å²) in [6.45, 7) is 0.680. The number of urea groups is 1. The molecule has 3 rings (SSSR count). The van der Waals surface area contributed by atoms with E-state index in [1.54, 1.807) is 35.6 Å². The molecule has 3 aromatic rings.